The molecule has 0 fully saturated rings. The Hall–Kier alpha value is -2.13. The lowest BCUT2D eigenvalue weighted by atomic mass is 10.2. The molecule has 3 aromatic rings. The van der Waals surface area contributed by atoms with Crippen LogP contribution in [0.2, 0.25) is 5.15 Å². The second kappa shape index (κ2) is 8.22. The average Bonchev–Trinajstić information content (AvgIpc) is 2.55. The smallest absolute Gasteiger partial charge is 0.140 e. The SMILES string of the molecule is CCCOc1ccc2c(Cl)ncnc2c1.c1ccccc1. The molecular weight excluding hydrogens is 284 g/mol. The Morgan fingerprint density at radius 3 is 2.29 bits per heavy atom. The molecule has 0 saturated heterocycles. The van der Waals surface area contributed by atoms with Crippen LogP contribution >= 0.6 is 11.6 Å². The van der Waals surface area contributed by atoms with Crippen molar-refractivity contribution < 1.29 is 4.74 Å². The maximum Gasteiger partial charge on any atom is 0.140 e. The molecule has 1 aromatic heterocycles. The van der Waals surface area contributed by atoms with Crippen LogP contribution in [0.15, 0.2) is 60.9 Å². The van der Waals surface area contributed by atoms with Crippen molar-refractivity contribution in [3.63, 3.8) is 0 Å². The largest absolute Gasteiger partial charge is 0.494 e. The summed E-state index contributed by atoms with van der Waals surface area (Å²) in [6.07, 6.45) is 2.44. The van der Waals surface area contributed by atoms with Gasteiger partial charge in [0, 0.05) is 11.5 Å². The van der Waals surface area contributed by atoms with E-state index in [-0.39, 0.29) is 0 Å². The van der Waals surface area contributed by atoms with E-state index >= 15 is 0 Å². The molecule has 2 aromatic carbocycles. The van der Waals surface area contributed by atoms with Crippen LogP contribution in [0.4, 0.5) is 0 Å². The van der Waals surface area contributed by atoms with Crippen molar-refractivity contribution in [2.75, 3.05) is 6.61 Å². The van der Waals surface area contributed by atoms with Gasteiger partial charge in [-0.1, -0.05) is 54.9 Å². The van der Waals surface area contributed by atoms with E-state index in [0.717, 1.165) is 23.1 Å². The fourth-order valence-electron chi connectivity index (χ4n) is 1.70. The first-order valence-electron chi connectivity index (χ1n) is 6.84. The zero-order chi connectivity index (χ0) is 14.9. The van der Waals surface area contributed by atoms with E-state index in [1.807, 2.05) is 54.6 Å². The zero-order valence-corrected chi connectivity index (χ0v) is 12.6. The molecule has 4 heteroatoms. The van der Waals surface area contributed by atoms with Crippen molar-refractivity contribution in [2.45, 2.75) is 13.3 Å². The molecule has 3 rings (SSSR count). The lowest BCUT2D eigenvalue weighted by Gasteiger charge is -2.05. The molecule has 3 nitrogen and oxygen atoms in total. The summed E-state index contributed by atoms with van der Waals surface area (Å²) < 4.78 is 5.50. The van der Waals surface area contributed by atoms with E-state index in [4.69, 9.17) is 16.3 Å². The van der Waals surface area contributed by atoms with E-state index < -0.39 is 0 Å². The van der Waals surface area contributed by atoms with Crippen molar-refractivity contribution in [1.29, 1.82) is 0 Å². The Balaban J connectivity index is 0.000000225. The maximum absolute atomic E-state index is 5.92. The highest BCUT2D eigenvalue weighted by molar-refractivity contribution is 6.34. The number of hydrogen-bond acceptors (Lipinski definition) is 3. The minimum Gasteiger partial charge on any atom is -0.494 e. The van der Waals surface area contributed by atoms with Gasteiger partial charge in [-0.25, -0.2) is 9.97 Å². The summed E-state index contributed by atoms with van der Waals surface area (Å²) in [6, 6.07) is 17.6. The van der Waals surface area contributed by atoms with Gasteiger partial charge < -0.3 is 4.74 Å². The molecule has 21 heavy (non-hydrogen) atoms. The second-order valence-electron chi connectivity index (χ2n) is 4.35. The van der Waals surface area contributed by atoms with Gasteiger partial charge in [-0.3, -0.25) is 0 Å². The lowest BCUT2D eigenvalue weighted by molar-refractivity contribution is 0.318. The molecule has 0 bridgehead atoms. The van der Waals surface area contributed by atoms with Crippen molar-refractivity contribution >= 4 is 22.5 Å². The van der Waals surface area contributed by atoms with Gasteiger partial charge in [0.25, 0.3) is 0 Å². The standard InChI is InChI=1S/C11H11ClN2O.C6H6/c1-2-5-15-8-3-4-9-10(6-8)13-7-14-11(9)12;1-2-4-6-5-3-1/h3-4,6-7H,2,5H2,1H3;1-6H. The Labute approximate surface area is 129 Å². The summed E-state index contributed by atoms with van der Waals surface area (Å²) in [6.45, 7) is 2.78. The molecule has 0 aliphatic carbocycles. The molecule has 0 N–H and O–H groups in total. The highest BCUT2D eigenvalue weighted by Crippen LogP contribution is 2.23. The summed E-state index contributed by atoms with van der Waals surface area (Å²) in [5, 5.41) is 1.32. The molecule has 0 spiro atoms. The van der Waals surface area contributed by atoms with Gasteiger partial charge in [-0.2, -0.15) is 0 Å². The number of benzene rings is 2. The summed E-state index contributed by atoms with van der Waals surface area (Å²) >= 11 is 5.92. The van der Waals surface area contributed by atoms with E-state index in [0.29, 0.717) is 11.8 Å². The highest BCUT2D eigenvalue weighted by Gasteiger charge is 2.02. The van der Waals surface area contributed by atoms with Crippen LogP contribution < -0.4 is 4.74 Å². The molecule has 0 atom stereocenters. The monoisotopic (exact) mass is 300 g/mol. The number of fused-ring (bicyclic) bond motifs is 1. The quantitative estimate of drug-likeness (QED) is 0.654. The maximum atomic E-state index is 5.92. The van der Waals surface area contributed by atoms with Crippen LogP contribution in [-0.2, 0) is 0 Å². The number of nitrogens with zero attached hydrogens (tertiary/aromatic N) is 2. The van der Waals surface area contributed by atoms with Crippen LogP contribution in [-0.4, -0.2) is 16.6 Å². The van der Waals surface area contributed by atoms with Crippen LogP contribution in [0.5, 0.6) is 5.75 Å². The van der Waals surface area contributed by atoms with Gasteiger partial charge in [0.1, 0.15) is 17.2 Å². The highest BCUT2D eigenvalue weighted by atomic mass is 35.5. The fraction of sp³-hybridized carbons (Fsp3) is 0.176. The number of rotatable bonds is 3. The van der Waals surface area contributed by atoms with Gasteiger partial charge in [-0.15, -0.1) is 0 Å². The number of halogens is 1. The predicted molar refractivity (Wildman–Crippen MR) is 86.8 cm³/mol. The molecular formula is C17H17ClN2O. The van der Waals surface area contributed by atoms with Crippen LogP contribution in [0, 0.1) is 0 Å². The molecule has 0 saturated carbocycles. The van der Waals surface area contributed by atoms with Crippen LogP contribution in [0.25, 0.3) is 10.9 Å². The van der Waals surface area contributed by atoms with E-state index in [1.165, 1.54) is 6.33 Å². The third-order valence-electron chi connectivity index (χ3n) is 2.70. The molecule has 108 valence electrons. The first-order chi connectivity index (χ1) is 10.3. The first kappa shape index (κ1) is 15.3. The molecule has 0 amide bonds. The van der Waals surface area contributed by atoms with Crippen LogP contribution in [0.3, 0.4) is 0 Å². The van der Waals surface area contributed by atoms with Gasteiger partial charge in [0.2, 0.25) is 0 Å². The average molecular weight is 301 g/mol. The summed E-state index contributed by atoms with van der Waals surface area (Å²) in [5.41, 5.74) is 0.809. The van der Waals surface area contributed by atoms with E-state index in [1.54, 1.807) is 0 Å². The predicted octanol–water partition coefficient (Wildman–Crippen LogP) is 4.76. The minimum atomic E-state index is 0.474. The first-order valence-corrected chi connectivity index (χ1v) is 7.22. The summed E-state index contributed by atoms with van der Waals surface area (Å²) in [7, 11) is 0. The van der Waals surface area contributed by atoms with E-state index in [2.05, 4.69) is 16.9 Å². The van der Waals surface area contributed by atoms with Crippen molar-refractivity contribution in [1.82, 2.24) is 9.97 Å². The topological polar surface area (TPSA) is 35.0 Å². The summed E-state index contributed by atoms with van der Waals surface area (Å²) in [5.74, 6) is 0.819. The fourth-order valence-corrected chi connectivity index (χ4v) is 1.90. The number of ether oxygens (including phenoxy) is 1. The summed E-state index contributed by atoms with van der Waals surface area (Å²) in [4.78, 5) is 8.05. The molecule has 0 aliphatic heterocycles. The van der Waals surface area contributed by atoms with Gasteiger partial charge in [0.15, 0.2) is 0 Å². The Bertz CT molecular complexity index is 647. The van der Waals surface area contributed by atoms with Crippen molar-refractivity contribution in [3.8, 4) is 5.75 Å². The minimum absolute atomic E-state index is 0.474. The molecule has 0 aliphatic rings. The van der Waals surface area contributed by atoms with Crippen molar-refractivity contribution in [3.05, 3.63) is 66.1 Å². The molecule has 0 unspecified atom stereocenters. The van der Waals surface area contributed by atoms with Crippen LogP contribution in [0.1, 0.15) is 13.3 Å². The Morgan fingerprint density at radius 1 is 1.00 bits per heavy atom. The van der Waals surface area contributed by atoms with Crippen molar-refractivity contribution in [2.24, 2.45) is 0 Å². The third kappa shape index (κ3) is 4.72. The zero-order valence-electron chi connectivity index (χ0n) is 11.9. The lowest BCUT2D eigenvalue weighted by Crippen LogP contribution is -1.95. The Morgan fingerprint density at radius 2 is 1.67 bits per heavy atom. The number of hydrogen-bond donors (Lipinski definition) is 0. The van der Waals surface area contributed by atoms with Gasteiger partial charge >= 0.3 is 0 Å². The normalized spacial score (nSPS) is 9.81. The van der Waals surface area contributed by atoms with Gasteiger partial charge in [-0.05, 0) is 18.6 Å². The molecule has 1 heterocycles. The second-order valence-corrected chi connectivity index (χ2v) is 4.70. The van der Waals surface area contributed by atoms with E-state index in [9.17, 15) is 0 Å². The number of aromatic nitrogens is 2. The Kier molecular flexibility index (Phi) is 5.98. The molecule has 0 radical (unpaired) electrons. The third-order valence-corrected chi connectivity index (χ3v) is 3.00. The van der Waals surface area contributed by atoms with Gasteiger partial charge in [0.05, 0.1) is 12.1 Å².